The van der Waals surface area contributed by atoms with Crippen LogP contribution in [0, 0.1) is 0 Å². The molecule has 0 spiro atoms. The molecule has 0 unspecified atom stereocenters. The molecule has 0 aliphatic rings. The van der Waals surface area contributed by atoms with Crippen LogP contribution in [0.5, 0.6) is 5.75 Å². The highest BCUT2D eigenvalue weighted by atomic mass is 32.2. The van der Waals surface area contributed by atoms with Crippen LogP contribution in [0.1, 0.15) is 23.7 Å². The highest BCUT2D eigenvalue weighted by molar-refractivity contribution is 7.91. The SMILES string of the molecule is CCCS(=O)(=O)CCOc1cnccc1C(=O)O. The van der Waals surface area contributed by atoms with Gasteiger partial charge in [0.15, 0.2) is 15.6 Å². The summed E-state index contributed by atoms with van der Waals surface area (Å²) in [6, 6.07) is 1.30. The number of hydrogen-bond donors (Lipinski definition) is 1. The van der Waals surface area contributed by atoms with Crippen molar-refractivity contribution in [1.29, 1.82) is 0 Å². The van der Waals surface area contributed by atoms with Gasteiger partial charge in [-0.3, -0.25) is 4.98 Å². The molecular formula is C11H15NO5S. The minimum atomic E-state index is -3.13. The van der Waals surface area contributed by atoms with E-state index in [1.165, 1.54) is 18.5 Å². The minimum Gasteiger partial charge on any atom is -0.490 e. The van der Waals surface area contributed by atoms with Gasteiger partial charge in [-0.25, -0.2) is 13.2 Å². The molecule has 0 radical (unpaired) electrons. The number of nitrogens with zero attached hydrogens (tertiary/aromatic N) is 1. The monoisotopic (exact) mass is 273 g/mol. The number of hydrogen-bond acceptors (Lipinski definition) is 5. The van der Waals surface area contributed by atoms with Crippen molar-refractivity contribution < 1.29 is 23.1 Å². The van der Waals surface area contributed by atoms with Crippen molar-refractivity contribution in [3.8, 4) is 5.75 Å². The van der Waals surface area contributed by atoms with Crippen LogP contribution in [0.25, 0.3) is 0 Å². The summed E-state index contributed by atoms with van der Waals surface area (Å²) in [4.78, 5) is 14.6. The van der Waals surface area contributed by atoms with Crippen molar-refractivity contribution in [2.75, 3.05) is 18.1 Å². The Bertz CT molecular complexity index is 512. The molecule has 0 atom stereocenters. The fourth-order valence-corrected chi connectivity index (χ4v) is 2.53. The van der Waals surface area contributed by atoms with Crippen LogP contribution in [-0.4, -0.2) is 42.6 Å². The van der Waals surface area contributed by atoms with Gasteiger partial charge >= 0.3 is 5.97 Å². The third-order valence-electron chi connectivity index (χ3n) is 2.18. The zero-order chi connectivity index (χ0) is 13.6. The Morgan fingerprint density at radius 3 is 2.78 bits per heavy atom. The fourth-order valence-electron chi connectivity index (χ4n) is 1.36. The third kappa shape index (κ3) is 4.33. The largest absolute Gasteiger partial charge is 0.490 e. The first kappa shape index (κ1) is 14.4. The lowest BCUT2D eigenvalue weighted by molar-refractivity contribution is 0.0692. The van der Waals surface area contributed by atoms with E-state index in [0.717, 1.165) is 0 Å². The molecule has 0 saturated heterocycles. The van der Waals surface area contributed by atoms with E-state index < -0.39 is 15.8 Å². The summed E-state index contributed by atoms with van der Waals surface area (Å²) in [5.41, 5.74) is -0.0297. The highest BCUT2D eigenvalue weighted by Crippen LogP contribution is 2.16. The van der Waals surface area contributed by atoms with Crippen LogP contribution in [0.4, 0.5) is 0 Å². The molecule has 0 saturated carbocycles. The maximum atomic E-state index is 11.4. The third-order valence-corrected chi connectivity index (χ3v) is 4.00. The maximum Gasteiger partial charge on any atom is 0.339 e. The van der Waals surface area contributed by atoms with Crippen LogP contribution >= 0.6 is 0 Å². The van der Waals surface area contributed by atoms with Gasteiger partial charge in [0.2, 0.25) is 0 Å². The van der Waals surface area contributed by atoms with Gasteiger partial charge in [0, 0.05) is 6.20 Å². The molecule has 1 rings (SSSR count). The topological polar surface area (TPSA) is 93.6 Å². The lowest BCUT2D eigenvalue weighted by atomic mass is 10.2. The summed E-state index contributed by atoms with van der Waals surface area (Å²) in [5, 5.41) is 8.88. The zero-order valence-corrected chi connectivity index (χ0v) is 10.8. The number of ether oxygens (including phenoxy) is 1. The lowest BCUT2D eigenvalue weighted by Crippen LogP contribution is -2.17. The molecule has 0 aliphatic carbocycles. The standard InChI is InChI=1S/C11H15NO5S/c1-2-6-18(15,16)7-5-17-10-8-12-4-3-9(10)11(13)14/h3-4,8H,2,5-7H2,1H3,(H,13,14). The Hall–Kier alpha value is -1.63. The minimum absolute atomic E-state index is 0.0297. The van der Waals surface area contributed by atoms with Gasteiger partial charge in [0.25, 0.3) is 0 Å². The van der Waals surface area contributed by atoms with Gasteiger partial charge in [0.1, 0.15) is 12.2 Å². The molecule has 18 heavy (non-hydrogen) atoms. The molecule has 1 N–H and O–H groups in total. The molecule has 1 aromatic heterocycles. The second kappa shape index (κ2) is 6.34. The van der Waals surface area contributed by atoms with Gasteiger partial charge < -0.3 is 9.84 Å². The molecular weight excluding hydrogens is 258 g/mol. The average Bonchev–Trinajstić information content (AvgIpc) is 2.29. The van der Waals surface area contributed by atoms with E-state index in [4.69, 9.17) is 9.84 Å². The summed E-state index contributed by atoms with van der Waals surface area (Å²) >= 11 is 0. The molecule has 0 fully saturated rings. The maximum absolute atomic E-state index is 11.4. The molecule has 7 heteroatoms. The first-order valence-corrected chi connectivity index (χ1v) is 7.29. The molecule has 0 bridgehead atoms. The van der Waals surface area contributed by atoms with Crippen LogP contribution in [0.2, 0.25) is 0 Å². The molecule has 6 nitrogen and oxygen atoms in total. The Labute approximate surface area is 106 Å². The number of pyridine rings is 1. The number of aromatic carboxylic acids is 1. The highest BCUT2D eigenvalue weighted by Gasteiger charge is 2.13. The van der Waals surface area contributed by atoms with Crippen molar-refractivity contribution in [1.82, 2.24) is 4.98 Å². The smallest absolute Gasteiger partial charge is 0.339 e. The molecule has 1 aromatic rings. The van der Waals surface area contributed by atoms with E-state index >= 15 is 0 Å². The molecule has 1 heterocycles. The summed E-state index contributed by atoms with van der Waals surface area (Å²) in [6.45, 7) is 1.70. The normalized spacial score (nSPS) is 11.2. The van der Waals surface area contributed by atoms with Gasteiger partial charge in [-0.05, 0) is 12.5 Å². The van der Waals surface area contributed by atoms with E-state index in [9.17, 15) is 13.2 Å². The summed E-state index contributed by atoms with van der Waals surface area (Å²) in [7, 11) is -3.13. The zero-order valence-electron chi connectivity index (χ0n) is 10.00. The number of carboxylic acids is 1. The molecule has 100 valence electrons. The van der Waals surface area contributed by atoms with Gasteiger partial charge in [0.05, 0.1) is 17.7 Å². The van der Waals surface area contributed by atoms with Crippen molar-refractivity contribution >= 4 is 15.8 Å². The Balaban J connectivity index is 2.62. The van der Waals surface area contributed by atoms with Crippen molar-refractivity contribution in [2.24, 2.45) is 0 Å². The Morgan fingerprint density at radius 2 is 2.17 bits per heavy atom. The Morgan fingerprint density at radius 1 is 1.44 bits per heavy atom. The Kier molecular flexibility index (Phi) is 5.08. The van der Waals surface area contributed by atoms with Crippen molar-refractivity contribution in [3.63, 3.8) is 0 Å². The second-order valence-corrected chi connectivity index (χ2v) is 5.98. The predicted octanol–water partition coefficient (Wildman–Crippen LogP) is 0.983. The number of sulfone groups is 1. The predicted molar refractivity (Wildman–Crippen MR) is 65.6 cm³/mol. The quantitative estimate of drug-likeness (QED) is 0.796. The summed E-state index contributed by atoms with van der Waals surface area (Å²) in [5.74, 6) is -1.08. The first-order chi connectivity index (χ1) is 8.46. The van der Waals surface area contributed by atoms with Crippen LogP contribution in [0.3, 0.4) is 0 Å². The molecule has 0 aliphatic heterocycles. The van der Waals surface area contributed by atoms with Gasteiger partial charge in [-0.2, -0.15) is 0 Å². The first-order valence-electron chi connectivity index (χ1n) is 5.47. The molecule has 0 aromatic carbocycles. The van der Waals surface area contributed by atoms with E-state index in [-0.39, 0.29) is 29.4 Å². The number of carbonyl (C=O) groups is 1. The van der Waals surface area contributed by atoms with Crippen molar-refractivity contribution in [2.45, 2.75) is 13.3 Å². The van der Waals surface area contributed by atoms with Gasteiger partial charge in [-0.15, -0.1) is 0 Å². The van der Waals surface area contributed by atoms with Crippen LogP contribution in [-0.2, 0) is 9.84 Å². The second-order valence-electron chi connectivity index (χ2n) is 3.68. The summed E-state index contributed by atoms with van der Waals surface area (Å²) < 4.78 is 28.0. The molecule has 0 amide bonds. The summed E-state index contributed by atoms with van der Waals surface area (Å²) in [6.07, 6.45) is 3.15. The average molecular weight is 273 g/mol. The van der Waals surface area contributed by atoms with Crippen molar-refractivity contribution in [3.05, 3.63) is 24.0 Å². The lowest BCUT2D eigenvalue weighted by Gasteiger charge is -2.08. The number of carboxylic acid groups (broad SMARTS) is 1. The van der Waals surface area contributed by atoms with E-state index in [1.807, 2.05) is 0 Å². The van der Waals surface area contributed by atoms with E-state index in [2.05, 4.69) is 4.98 Å². The van der Waals surface area contributed by atoms with Crippen LogP contribution < -0.4 is 4.74 Å². The number of aromatic nitrogens is 1. The van der Waals surface area contributed by atoms with E-state index in [0.29, 0.717) is 6.42 Å². The van der Waals surface area contributed by atoms with E-state index in [1.54, 1.807) is 6.92 Å². The number of rotatable bonds is 7. The fraction of sp³-hybridized carbons (Fsp3) is 0.455. The van der Waals surface area contributed by atoms with Gasteiger partial charge in [-0.1, -0.05) is 6.92 Å². The van der Waals surface area contributed by atoms with Crippen LogP contribution in [0.15, 0.2) is 18.5 Å².